The van der Waals surface area contributed by atoms with E-state index < -0.39 is 36.0 Å². The quantitative estimate of drug-likeness (QED) is 0.335. The minimum Gasteiger partial charge on any atom is -0.550 e. The van der Waals surface area contributed by atoms with Crippen molar-refractivity contribution in [1.29, 1.82) is 0 Å². The zero-order valence-corrected chi connectivity index (χ0v) is 14.3. The highest BCUT2D eigenvalue weighted by molar-refractivity contribution is 5.82. The molecule has 10 heteroatoms. The smallest absolute Gasteiger partial charge is 0.326 e. The summed E-state index contributed by atoms with van der Waals surface area (Å²) < 4.78 is 0.550. The van der Waals surface area contributed by atoms with Gasteiger partial charge >= 0.3 is 11.9 Å². The monoisotopic (exact) mass is 350 g/mol. The first-order chi connectivity index (χ1) is 10.7. The normalized spacial score (nSPS) is 13.0. The van der Waals surface area contributed by atoms with Gasteiger partial charge in [-0.15, -0.1) is 0 Å². The zero-order valence-electron chi connectivity index (χ0n) is 14.3. The zero-order chi connectivity index (χ0) is 19.5. The van der Waals surface area contributed by atoms with Crippen LogP contribution in [0.15, 0.2) is 0 Å². The molecule has 0 spiro atoms. The van der Waals surface area contributed by atoms with Crippen LogP contribution in [0.4, 0.5) is 0 Å². The Balaban J connectivity index is 0. The van der Waals surface area contributed by atoms with Gasteiger partial charge in [0.2, 0.25) is 5.91 Å². The highest BCUT2D eigenvalue weighted by Crippen LogP contribution is 1.98. The number of aliphatic hydroxyl groups is 1. The van der Waals surface area contributed by atoms with Crippen LogP contribution in [0.25, 0.3) is 0 Å². The fourth-order valence-corrected chi connectivity index (χ4v) is 1.66. The number of hydrogen-bond acceptors (Lipinski definition) is 6. The van der Waals surface area contributed by atoms with E-state index in [2.05, 4.69) is 5.32 Å². The first-order valence-corrected chi connectivity index (χ1v) is 7.14. The van der Waals surface area contributed by atoms with E-state index in [-0.39, 0.29) is 19.3 Å². The van der Waals surface area contributed by atoms with Crippen LogP contribution in [0, 0.1) is 0 Å². The van der Waals surface area contributed by atoms with Crippen LogP contribution in [0.2, 0.25) is 0 Å². The Morgan fingerprint density at radius 3 is 1.92 bits per heavy atom. The van der Waals surface area contributed by atoms with Crippen molar-refractivity contribution in [2.75, 3.05) is 27.7 Å². The van der Waals surface area contributed by atoms with Gasteiger partial charge in [0.25, 0.3) is 0 Å². The van der Waals surface area contributed by atoms with Crippen LogP contribution in [0.1, 0.15) is 26.2 Å². The number of carboxylic acids is 3. The van der Waals surface area contributed by atoms with Gasteiger partial charge in [-0.25, -0.2) is 4.79 Å². The van der Waals surface area contributed by atoms with E-state index in [0.717, 1.165) is 0 Å². The van der Waals surface area contributed by atoms with Crippen molar-refractivity contribution >= 4 is 23.8 Å². The number of carbonyl (C=O) groups is 4. The molecule has 10 nitrogen and oxygen atoms in total. The first-order valence-electron chi connectivity index (χ1n) is 7.14. The van der Waals surface area contributed by atoms with Gasteiger partial charge in [0.15, 0.2) is 0 Å². The van der Waals surface area contributed by atoms with Crippen molar-refractivity contribution < 1.29 is 44.1 Å². The second-order valence-electron chi connectivity index (χ2n) is 6.23. The van der Waals surface area contributed by atoms with E-state index in [1.54, 1.807) is 0 Å². The lowest BCUT2D eigenvalue weighted by molar-refractivity contribution is -0.873. The summed E-state index contributed by atoms with van der Waals surface area (Å²) in [5, 5.41) is 38.1. The van der Waals surface area contributed by atoms with Crippen molar-refractivity contribution in [3.05, 3.63) is 0 Å². The van der Waals surface area contributed by atoms with Crippen molar-refractivity contribution in [3.8, 4) is 0 Å². The molecule has 0 heterocycles. The van der Waals surface area contributed by atoms with Gasteiger partial charge in [-0.05, 0) is 6.42 Å². The maximum absolute atomic E-state index is 10.5. The number of rotatable bonds is 9. The fourth-order valence-electron chi connectivity index (χ4n) is 1.66. The van der Waals surface area contributed by atoms with Gasteiger partial charge in [-0.2, -0.15) is 0 Å². The molecule has 0 saturated carbocycles. The summed E-state index contributed by atoms with van der Waals surface area (Å²) in [6.45, 7) is 1.60. The third-order valence-electron chi connectivity index (χ3n) is 2.48. The van der Waals surface area contributed by atoms with Gasteiger partial charge in [0, 0.05) is 25.7 Å². The number of carboxylic acid groups (broad SMARTS) is 3. The van der Waals surface area contributed by atoms with Crippen molar-refractivity contribution in [1.82, 2.24) is 5.32 Å². The number of aliphatic hydroxyl groups excluding tert-OH is 1. The van der Waals surface area contributed by atoms with E-state index in [4.69, 9.17) is 15.3 Å². The van der Waals surface area contributed by atoms with Gasteiger partial charge < -0.3 is 35.0 Å². The fraction of sp³-hybridized carbons (Fsp3) is 0.714. The number of carbonyl (C=O) groups excluding carboxylic acids is 2. The Labute approximate surface area is 140 Å². The van der Waals surface area contributed by atoms with E-state index in [1.165, 1.54) is 6.92 Å². The molecule has 0 unspecified atom stereocenters. The van der Waals surface area contributed by atoms with E-state index in [1.807, 2.05) is 21.1 Å². The lowest BCUT2D eigenvalue weighted by Gasteiger charge is -2.26. The average molecular weight is 350 g/mol. The summed E-state index contributed by atoms with van der Waals surface area (Å²) in [5.41, 5.74) is 0. The molecule has 24 heavy (non-hydrogen) atoms. The standard InChI is InChI=1S/C7H11NO5.C7H15NO3/c1-4(9)8-5(7(12)13)2-3-6(10)11;1-8(2,3)5-6(9)4-7(10)11/h5H,2-3H2,1H3,(H,8,9)(H,10,11)(H,12,13);6,9H,4-5H2,1-3H3/t5-;6-/m11/s1. The maximum atomic E-state index is 10.5. The van der Waals surface area contributed by atoms with Crippen LogP contribution in [0.5, 0.6) is 0 Å². The number of hydrogen-bond donors (Lipinski definition) is 4. The summed E-state index contributed by atoms with van der Waals surface area (Å²) in [6.07, 6.45) is -1.48. The number of nitrogens with one attached hydrogen (secondary N) is 1. The van der Waals surface area contributed by atoms with Crippen LogP contribution in [-0.4, -0.2) is 83.5 Å². The average Bonchev–Trinajstić information content (AvgIpc) is 2.30. The Hall–Kier alpha value is -2.20. The summed E-state index contributed by atoms with van der Waals surface area (Å²) in [5.74, 6) is -4.00. The molecule has 0 aliphatic carbocycles. The lowest BCUT2D eigenvalue weighted by atomic mass is 10.1. The minimum atomic E-state index is -1.23. The van der Waals surface area contributed by atoms with Gasteiger partial charge in [-0.3, -0.25) is 9.59 Å². The molecule has 140 valence electrons. The van der Waals surface area contributed by atoms with Gasteiger partial charge in [0.1, 0.15) is 18.7 Å². The molecule has 0 radical (unpaired) electrons. The second kappa shape index (κ2) is 11.4. The Morgan fingerprint density at radius 1 is 1.12 bits per heavy atom. The third-order valence-corrected chi connectivity index (χ3v) is 2.48. The van der Waals surface area contributed by atoms with E-state index >= 15 is 0 Å². The molecule has 0 aromatic heterocycles. The highest BCUT2D eigenvalue weighted by Gasteiger charge is 2.19. The van der Waals surface area contributed by atoms with E-state index in [9.17, 15) is 24.3 Å². The summed E-state index contributed by atoms with van der Waals surface area (Å²) in [6, 6.07) is -1.12. The molecular formula is C14H26N2O8. The molecule has 0 aromatic carbocycles. The van der Waals surface area contributed by atoms with Crippen LogP contribution in [-0.2, 0) is 19.2 Å². The van der Waals surface area contributed by atoms with Gasteiger partial charge in [0.05, 0.1) is 21.1 Å². The number of amides is 1. The molecule has 0 fully saturated rings. The van der Waals surface area contributed by atoms with E-state index in [0.29, 0.717) is 11.0 Å². The number of aliphatic carboxylic acids is 3. The second-order valence-corrected chi connectivity index (χ2v) is 6.23. The topological polar surface area (TPSA) is 164 Å². The number of likely N-dealkylation sites (N-methyl/N-ethyl adjacent to an activating group) is 1. The van der Waals surface area contributed by atoms with Crippen molar-refractivity contribution in [3.63, 3.8) is 0 Å². The largest absolute Gasteiger partial charge is 0.550 e. The molecule has 4 N–H and O–H groups in total. The van der Waals surface area contributed by atoms with Gasteiger partial charge in [-0.1, -0.05) is 0 Å². The first kappa shape index (κ1) is 24.1. The predicted octanol–water partition coefficient (Wildman–Crippen LogP) is -2.37. The summed E-state index contributed by atoms with van der Waals surface area (Å²) >= 11 is 0. The molecular weight excluding hydrogens is 324 g/mol. The molecule has 0 rings (SSSR count). The Bertz CT molecular complexity index is 445. The molecule has 0 bridgehead atoms. The maximum Gasteiger partial charge on any atom is 0.326 e. The molecule has 0 aliphatic heterocycles. The van der Waals surface area contributed by atoms with Crippen LogP contribution < -0.4 is 10.4 Å². The third kappa shape index (κ3) is 17.9. The minimum absolute atomic E-state index is 0.107. The molecule has 0 aliphatic rings. The van der Waals surface area contributed by atoms with Crippen molar-refractivity contribution in [2.45, 2.75) is 38.3 Å². The van der Waals surface area contributed by atoms with Crippen molar-refractivity contribution in [2.24, 2.45) is 0 Å². The van der Waals surface area contributed by atoms with Crippen LogP contribution >= 0.6 is 0 Å². The number of quaternary nitrogens is 1. The molecule has 1 amide bonds. The molecule has 0 aromatic rings. The lowest BCUT2D eigenvalue weighted by Crippen LogP contribution is -2.43. The predicted molar refractivity (Wildman–Crippen MR) is 80.6 cm³/mol. The summed E-state index contributed by atoms with van der Waals surface area (Å²) in [7, 11) is 5.66. The molecule has 2 atom stereocenters. The Kier molecular flexibility index (Phi) is 11.4. The summed E-state index contributed by atoms with van der Waals surface area (Å²) in [4.78, 5) is 41.0. The Morgan fingerprint density at radius 2 is 1.62 bits per heavy atom. The highest BCUT2D eigenvalue weighted by atomic mass is 16.4. The SMILES string of the molecule is CC(=O)N[C@H](CCC(=O)O)C(=O)O.C[N+](C)(C)C[C@H](O)CC(=O)[O-]. The number of nitrogens with zero attached hydrogens (tertiary/aromatic N) is 1. The molecule has 0 saturated heterocycles. The van der Waals surface area contributed by atoms with Crippen LogP contribution in [0.3, 0.4) is 0 Å².